The van der Waals surface area contributed by atoms with Gasteiger partial charge in [-0.2, -0.15) is 13.5 Å². The summed E-state index contributed by atoms with van der Waals surface area (Å²) >= 11 is 0. The molecule has 9 nitrogen and oxygen atoms in total. The number of methoxy groups -OCH3 is 1. The number of nitrogen functional groups attached to an aromatic ring is 1. The Morgan fingerprint density at radius 3 is 2.80 bits per heavy atom. The van der Waals surface area contributed by atoms with E-state index in [1.165, 1.54) is 6.20 Å². The molecule has 0 fully saturated rings. The van der Waals surface area contributed by atoms with E-state index in [2.05, 4.69) is 14.9 Å². The van der Waals surface area contributed by atoms with Crippen molar-refractivity contribution in [2.75, 3.05) is 17.6 Å². The van der Waals surface area contributed by atoms with Crippen LogP contribution in [-0.4, -0.2) is 31.8 Å². The lowest BCUT2D eigenvalue weighted by Crippen LogP contribution is -2.35. The van der Waals surface area contributed by atoms with Gasteiger partial charge in [0.05, 0.1) is 19.0 Å². The van der Waals surface area contributed by atoms with Gasteiger partial charge in [-0.3, -0.25) is 5.10 Å². The zero-order chi connectivity index (χ0) is 11.5. The van der Waals surface area contributed by atoms with E-state index in [1.54, 1.807) is 4.72 Å². The van der Waals surface area contributed by atoms with Crippen LogP contribution in [0.1, 0.15) is 0 Å². The normalized spacial score (nSPS) is 10.7. The molecule has 15 heavy (non-hydrogen) atoms. The van der Waals surface area contributed by atoms with Crippen LogP contribution in [0.15, 0.2) is 6.20 Å². The van der Waals surface area contributed by atoms with Crippen LogP contribution in [0, 0.1) is 0 Å². The van der Waals surface area contributed by atoms with E-state index in [9.17, 15) is 13.2 Å². The number of nitrogens with one attached hydrogen (secondary N) is 3. The Hall–Kier alpha value is -1.97. The minimum Gasteiger partial charge on any atom is -0.452 e. The van der Waals surface area contributed by atoms with Crippen LogP contribution in [-0.2, 0) is 14.9 Å². The number of nitrogens with zero attached hydrogens (tertiary/aromatic N) is 1. The average Bonchev–Trinajstić information content (AvgIpc) is 2.50. The van der Waals surface area contributed by atoms with Gasteiger partial charge in [-0.15, -0.1) is 0 Å². The molecule has 0 radical (unpaired) electrons. The third kappa shape index (κ3) is 3.02. The quantitative estimate of drug-likeness (QED) is 0.530. The molecule has 0 aliphatic carbocycles. The Morgan fingerprint density at radius 2 is 2.33 bits per heavy atom. The van der Waals surface area contributed by atoms with E-state index < -0.39 is 16.3 Å². The highest BCUT2D eigenvalue weighted by Crippen LogP contribution is 2.13. The first-order valence-electron chi connectivity index (χ1n) is 3.62. The molecule has 0 saturated carbocycles. The Labute approximate surface area is 85.2 Å². The van der Waals surface area contributed by atoms with Gasteiger partial charge in [0.1, 0.15) is 0 Å². The predicted octanol–water partition coefficient (Wildman–Crippen LogP) is -0.995. The Morgan fingerprint density at radius 1 is 1.67 bits per heavy atom. The molecule has 1 aromatic rings. The van der Waals surface area contributed by atoms with Crippen LogP contribution in [0.25, 0.3) is 0 Å². The molecule has 0 aromatic carbocycles. The molecule has 0 atom stereocenters. The van der Waals surface area contributed by atoms with E-state index in [1.807, 2.05) is 4.72 Å². The molecular weight excluding hydrogens is 226 g/mol. The van der Waals surface area contributed by atoms with Gasteiger partial charge in [-0.05, 0) is 0 Å². The van der Waals surface area contributed by atoms with Gasteiger partial charge < -0.3 is 10.5 Å². The fraction of sp³-hybridized carbons (Fsp3) is 0.200. The first-order valence-corrected chi connectivity index (χ1v) is 5.10. The first-order chi connectivity index (χ1) is 6.94. The summed E-state index contributed by atoms with van der Waals surface area (Å²) in [5, 5.41) is 5.78. The van der Waals surface area contributed by atoms with Crippen molar-refractivity contribution in [2.45, 2.75) is 0 Å². The minimum absolute atomic E-state index is 0.0357. The Bertz CT molecular complexity index is 452. The SMILES string of the molecule is COC(=O)NS(=O)(=O)Nc1[nH]ncc1N. The van der Waals surface area contributed by atoms with E-state index in [4.69, 9.17) is 5.73 Å². The van der Waals surface area contributed by atoms with Gasteiger partial charge in [0.15, 0.2) is 5.82 Å². The summed E-state index contributed by atoms with van der Waals surface area (Å²) in [7, 11) is -3.03. The van der Waals surface area contributed by atoms with Crippen molar-refractivity contribution < 1.29 is 17.9 Å². The van der Waals surface area contributed by atoms with E-state index in [-0.39, 0.29) is 11.5 Å². The summed E-state index contributed by atoms with van der Waals surface area (Å²) in [6.07, 6.45) is 0.108. The maximum Gasteiger partial charge on any atom is 0.422 e. The van der Waals surface area contributed by atoms with Crippen molar-refractivity contribution in [3.63, 3.8) is 0 Å². The predicted molar refractivity (Wildman–Crippen MR) is 51.1 cm³/mol. The standard InChI is InChI=1S/C5H9N5O4S/c1-14-5(11)10-15(12,13)9-4-3(6)2-7-8-4/h2H,6H2,1H3,(H,10,11)(H2,7,8,9). The van der Waals surface area contributed by atoms with Crippen molar-refractivity contribution in [1.82, 2.24) is 14.9 Å². The van der Waals surface area contributed by atoms with Crippen LogP contribution < -0.4 is 15.2 Å². The molecule has 1 heterocycles. The molecule has 0 aliphatic heterocycles. The highest BCUT2D eigenvalue weighted by molar-refractivity contribution is 7.91. The topological polar surface area (TPSA) is 139 Å². The zero-order valence-electron chi connectivity index (χ0n) is 7.64. The van der Waals surface area contributed by atoms with Crippen LogP contribution >= 0.6 is 0 Å². The van der Waals surface area contributed by atoms with Crippen molar-refractivity contribution in [1.29, 1.82) is 0 Å². The lowest BCUT2D eigenvalue weighted by atomic mass is 10.6. The number of nitrogens with two attached hydrogens (primary N) is 1. The number of hydrogen-bond donors (Lipinski definition) is 4. The van der Waals surface area contributed by atoms with Crippen molar-refractivity contribution >= 4 is 27.8 Å². The summed E-state index contributed by atoms with van der Waals surface area (Å²) in [6, 6.07) is 0. The fourth-order valence-electron chi connectivity index (χ4n) is 0.688. The molecule has 84 valence electrons. The number of carbonyl (C=O) groups excluding carboxylic acids is 1. The summed E-state index contributed by atoms with van der Waals surface area (Å²) in [5.41, 5.74) is 5.45. The third-order valence-corrected chi connectivity index (χ3v) is 2.22. The van der Waals surface area contributed by atoms with Gasteiger partial charge in [0, 0.05) is 0 Å². The molecule has 0 unspecified atom stereocenters. The summed E-state index contributed by atoms with van der Waals surface area (Å²) in [4.78, 5) is 10.6. The molecule has 0 spiro atoms. The van der Waals surface area contributed by atoms with Crippen LogP contribution in [0.3, 0.4) is 0 Å². The third-order valence-electron chi connectivity index (χ3n) is 1.31. The van der Waals surface area contributed by atoms with Crippen molar-refractivity contribution in [3.8, 4) is 0 Å². The van der Waals surface area contributed by atoms with E-state index >= 15 is 0 Å². The van der Waals surface area contributed by atoms with Crippen molar-refractivity contribution in [3.05, 3.63) is 6.20 Å². The zero-order valence-corrected chi connectivity index (χ0v) is 8.46. The second kappa shape index (κ2) is 4.04. The number of aromatic amines is 1. The lowest BCUT2D eigenvalue weighted by Gasteiger charge is -2.06. The molecule has 0 aliphatic rings. The van der Waals surface area contributed by atoms with E-state index in [0.29, 0.717) is 0 Å². The summed E-state index contributed by atoms with van der Waals surface area (Å²) in [5.74, 6) is -0.0357. The van der Waals surface area contributed by atoms with Crippen LogP contribution in [0.4, 0.5) is 16.3 Å². The van der Waals surface area contributed by atoms with Crippen LogP contribution in [0.2, 0.25) is 0 Å². The molecule has 0 bridgehead atoms. The van der Waals surface area contributed by atoms with Crippen molar-refractivity contribution in [2.24, 2.45) is 0 Å². The maximum atomic E-state index is 11.2. The van der Waals surface area contributed by atoms with Gasteiger partial charge >= 0.3 is 16.3 Å². The smallest absolute Gasteiger partial charge is 0.422 e. The first kappa shape index (κ1) is 11.1. The number of carbonyl (C=O) groups is 1. The van der Waals surface area contributed by atoms with Gasteiger partial charge in [-0.25, -0.2) is 14.2 Å². The Kier molecular flexibility index (Phi) is 2.99. The molecule has 1 rings (SSSR count). The monoisotopic (exact) mass is 235 g/mol. The fourth-order valence-corrected chi connectivity index (χ4v) is 1.47. The summed E-state index contributed by atoms with van der Waals surface area (Å²) < 4.78 is 30.0. The Balaban J connectivity index is 2.73. The minimum atomic E-state index is -4.06. The van der Waals surface area contributed by atoms with Crippen LogP contribution in [0.5, 0.6) is 0 Å². The largest absolute Gasteiger partial charge is 0.452 e. The average molecular weight is 235 g/mol. The van der Waals surface area contributed by atoms with Gasteiger partial charge in [0.25, 0.3) is 0 Å². The second-order valence-corrected chi connectivity index (χ2v) is 3.81. The molecule has 0 saturated heterocycles. The molecule has 1 aromatic heterocycles. The number of ether oxygens (including phenoxy) is 1. The number of H-pyrrole nitrogens is 1. The van der Waals surface area contributed by atoms with E-state index in [0.717, 1.165) is 7.11 Å². The molecule has 10 heteroatoms. The molecular formula is C5H9N5O4S. The summed E-state index contributed by atoms with van der Waals surface area (Å²) in [6.45, 7) is 0. The number of anilines is 2. The second-order valence-electron chi connectivity index (χ2n) is 2.40. The lowest BCUT2D eigenvalue weighted by molar-refractivity contribution is 0.177. The number of rotatable bonds is 3. The maximum absolute atomic E-state index is 11.2. The highest BCUT2D eigenvalue weighted by Gasteiger charge is 2.16. The van der Waals surface area contributed by atoms with Gasteiger partial charge in [0.2, 0.25) is 0 Å². The number of aromatic nitrogens is 2. The highest BCUT2D eigenvalue weighted by atomic mass is 32.2. The molecule has 5 N–H and O–H groups in total. The number of amides is 1. The van der Waals surface area contributed by atoms with Gasteiger partial charge in [-0.1, -0.05) is 0 Å². The number of hydrogen-bond acceptors (Lipinski definition) is 6. The molecule has 1 amide bonds.